The summed E-state index contributed by atoms with van der Waals surface area (Å²) in [6, 6.07) is 8.02. The number of halogens is 2. The van der Waals surface area contributed by atoms with Crippen LogP contribution in [0.1, 0.15) is 50.3 Å². The van der Waals surface area contributed by atoms with Gasteiger partial charge in [-0.3, -0.25) is 4.57 Å². The van der Waals surface area contributed by atoms with Crippen molar-refractivity contribution in [1.82, 2.24) is 40.0 Å². The minimum absolute atomic E-state index is 0.0166. The summed E-state index contributed by atoms with van der Waals surface area (Å²) in [6.07, 6.45) is 4.87. The number of aryl methyl sites for hydroxylation is 2. The smallest absolute Gasteiger partial charge is 0.224 e. The van der Waals surface area contributed by atoms with Gasteiger partial charge in [-0.05, 0) is 35.8 Å². The van der Waals surface area contributed by atoms with Crippen LogP contribution in [0.25, 0.3) is 17.2 Å². The van der Waals surface area contributed by atoms with Gasteiger partial charge in [-0.2, -0.15) is 14.7 Å². The first-order chi connectivity index (χ1) is 15.1. The van der Waals surface area contributed by atoms with Crippen molar-refractivity contribution < 1.29 is 8.78 Å². The maximum Gasteiger partial charge on any atom is 0.224 e. The van der Waals surface area contributed by atoms with E-state index in [1.807, 2.05) is 16.8 Å². The zero-order valence-corrected chi connectivity index (χ0v) is 17.5. The monoisotopic (exact) mass is 426 g/mol. The van der Waals surface area contributed by atoms with E-state index in [9.17, 15) is 8.78 Å². The Balaban J connectivity index is 1.61. The topological polar surface area (TPSA) is 90.1 Å². The lowest BCUT2D eigenvalue weighted by Gasteiger charge is -2.10. The number of H-pyrrole nitrogens is 1. The van der Waals surface area contributed by atoms with Crippen LogP contribution in [0.2, 0.25) is 0 Å². The highest BCUT2D eigenvalue weighted by atomic mass is 19.1. The summed E-state index contributed by atoms with van der Waals surface area (Å²) in [5.41, 5.74) is 1.37. The molecule has 0 saturated heterocycles. The van der Waals surface area contributed by atoms with Gasteiger partial charge in [0, 0.05) is 24.6 Å². The summed E-state index contributed by atoms with van der Waals surface area (Å²) in [6.45, 7) is 4.83. The number of rotatable bonds is 9. The van der Waals surface area contributed by atoms with Gasteiger partial charge in [0.2, 0.25) is 11.8 Å². The maximum atomic E-state index is 14.5. The van der Waals surface area contributed by atoms with Crippen LogP contribution in [-0.4, -0.2) is 40.0 Å². The first-order valence-corrected chi connectivity index (χ1v) is 10.4. The summed E-state index contributed by atoms with van der Waals surface area (Å²) in [5.74, 6) is 0.325. The predicted molar refractivity (Wildman–Crippen MR) is 111 cm³/mol. The molecule has 4 aromatic rings. The molecule has 0 radical (unpaired) electrons. The molecule has 162 valence electrons. The average Bonchev–Trinajstić information content (AvgIpc) is 3.47. The molecule has 0 fully saturated rings. The van der Waals surface area contributed by atoms with Crippen LogP contribution < -0.4 is 0 Å². The summed E-state index contributed by atoms with van der Waals surface area (Å²) in [7, 11) is 0. The number of benzene rings is 1. The lowest BCUT2D eigenvalue weighted by molar-refractivity contribution is 0.559. The number of hydrogen-bond donors (Lipinski definition) is 1. The zero-order chi connectivity index (χ0) is 21.8. The van der Waals surface area contributed by atoms with E-state index >= 15 is 0 Å². The van der Waals surface area contributed by atoms with Crippen LogP contribution in [0.4, 0.5) is 8.78 Å². The van der Waals surface area contributed by atoms with Gasteiger partial charge in [0.15, 0.2) is 11.6 Å². The second kappa shape index (κ2) is 9.15. The van der Waals surface area contributed by atoms with Crippen LogP contribution in [0.5, 0.6) is 0 Å². The maximum absolute atomic E-state index is 14.5. The van der Waals surface area contributed by atoms with E-state index in [0.29, 0.717) is 12.2 Å². The fourth-order valence-electron chi connectivity index (χ4n) is 3.50. The van der Waals surface area contributed by atoms with E-state index in [1.54, 1.807) is 12.1 Å². The Morgan fingerprint density at radius 2 is 1.84 bits per heavy atom. The number of hydrogen-bond acceptors (Lipinski definition) is 5. The SMILES string of the molecule is CCCCc1nc(CCC)nn1Cc1ccc(-n2c(F)cc(F)c2-c2nn[nH]n2)cc1. The molecule has 3 aromatic heterocycles. The fraction of sp³-hybridized carbons (Fsp3) is 0.381. The molecule has 8 nitrogen and oxygen atoms in total. The lowest BCUT2D eigenvalue weighted by atomic mass is 10.2. The lowest BCUT2D eigenvalue weighted by Crippen LogP contribution is -2.08. The third-order valence-corrected chi connectivity index (χ3v) is 5.01. The van der Waals surface area contributed by atoms with Crippen molar-refractivity contribution in [3.8, 4) is 17.2 Å². The molecular weight excluding hydrogens is 402 g/mol. The third kappa shape index (κ3) is 4.37. The molecule has 0 amide bonds. The Kier molecular flexibility index (Phi) is 6.15. The second-order valence-electron chi connectivity index (χ2n) is 7.36. The molecule has 0 saturated carbocycles. The molecule has 0 bridgehead atoms. The number of aromatic amines is 1. The molecule has 0 spiro atoms. The van der Waals surface area contributed by atoms with Crippen molar-refractivity contribution in [2.75, 3.05) is 0 Å². The van der Waals surface area contributed by atoms with Crippen molar-refractivity contribution in [1.29, 1.82) is 0 Å². The van der Waals surface area contributed by atoms with E-state index in [4.69, 9.17) is 0 Å². The molecule has 0 aliphatic rings. The summed E-state index contributed by atoms with van der Waals surface area (Å²) < 4.78 is 31.8. The summed E-state index contributed by atoms with van der Waals surface area (Å²) in [4.78, 5) is 4.69. The van der Waals surface area contributed by atoms with Crippen LogP contribution in [0.3, 0.4) is 0 Å². The predicted octanol–water partition coefficient (Wildman–Crippen LogP) is 3.87. The molecule has 4 rings (SSSR count). The average molecular weight is 426 g/mol. The Morgan fingerprint density at radius 3 is 2.52 bits per heavy atom. The van der Waals surface area contributed by atoms with E-state index < -0.39 is 11.8 Å². The standard InChI is InChI=1S/C21H24F2N8/c1-3-5-7-19-24-18(6-4-2)27-30(19)13-14-8-10-15(11-9-14)31-17(23)12-16(22)20(31)21-25-28-29-26-21/h8-12H,3-7,13H2,1-2H3,(H,25,26,28,29). The van der Waals surface area contributed by atoms with Crippen molar-refractivity contribution in [2.45, 2.75) is 52.5 Å². The molecule has 0 unspecified atom stereocenters. The molecule has 10 heteroatoms. The van der Waals surface area contributed by atoms with Gasteiger partial charge in [-0.1, -0.05) is 32.4 Å². The van der Waals surface area contributed by atoms with Gasteiger partial charge in [-0.25, -0.2) is 14.1 Å². The normalized spacial score (nSPS) is 11.4. The minimum Gasteiger partial charge on any atom is -0.280 e. The van der Waals surface area contributed by atoms with Crippen LogP contribution in [0, 0.1) is 11.8 Å². The highest BCUT2D eigenvalue weighted by molar-refractivity contribution is 5.56. The van der Waals surface area contributed by atoms with Gasteiger partial charge in [0.1, 0.15) is 11.5 Å². The number of unbranched alkanes of at least 4 members (excludes halogenated alkanes) is 1. The Bertz CT molecular complexity index is 1130. The molecule has 3 heterocycles. The van der Waals surface area contributed by atoms with Crippen LogP contribution in [0.15, 0.2) is 30.3 Å². The first-order valence-electron chi connectivity index (χ1n) is 10.4. The van der Waals surface area contributed by atoms with E-state index in [2.05, 4.69) is 44.6 Å². The van der Waals surface area contributed by atoms with Crippen molar-refractivity contribution in [3.63, 3.8) is 0 Å². The van der Waals surface area contributed by atoms with Crippen molar-refractivity contribution in [3.05, 3.63) is 59.3 Å². The molecule has 0 aliphatic heterocycles. The van der Waals surface area contributed by atoms with Gasteiger partial charge in [0.05, 0.1) is 6.54 Å². The molecule has 0 atom stereocenters. The van der Waals surface area contributed by atoms with Crippen LogP contribution in [-0.2, 0) is 19.4 Å². The molecule has 1 N–H and O–H groups in total. The van der Waals surface area contributed by atoms with Gasteiger partial charge in [0.25, 0.3) is 0 Å². The molecule has 1 aromatic carbocycles. The summed E-state index contributed by atoms with van der Waals surface area (Å²) in [5, 5.41) is 17.9. The number of nitrogens with one attached hydrogen (secondary N) is 1. The van der Waals surface area contributed by atoms with Crippen molar-refractivity contribution in [2.24, 2.45) is 0 Å². The van der Waals surface area contributed by atoms with E-state index in [1.165, 1.54) is 0 Å². The highest BCUT2D eigenvalue weighted by Crippen LogP contribution is 2.26. The van der Waals surface area contributed by atoms with E-state index in [0.717, 1.165) is 59.9 Å². The molecule has 0 aliphatic carbocycles. The second-order valence-corrected chi connectivity index (χ2v) is 7.36. The Morgan fingerprint density at radius 1 is 1.03 bits per heavy atom. The van der Waals surface area contributed by atoms with Gasteiger partial charge >= 0.3 is 0 Å². The van der Waals surface area contributed by atoms with E-state index in [-0.39, 0.29) is 11.5 Å². The fourth-order valence-corrected chi connectivity index (χ4v) is 3.50. The largest absolute Gasteiger partial charge is 0.280 e. The first kappa shape index (κ1) is 20.8. The quantitative estimate of drug-likeness (QED) is 0.439. The third-order valence-electron chi connectivity index (χ3n) is 5.01. The van der Waals surface area contributed by atoms with Crippen molar-refractivity contribution >= 4 is 0 Å². The Labute approximate surface area is 178 Å². The van der Waals surface area contributed by atoms with Gasteiger partial charge in [-0.15, -0.1) is 10.2 Å². The highest BCUT2D eigenvalue weighted by Gasteiger charge is 2.21. The minimum atomic E-state index is -0.755. The van der Waals surface area contributed by atoms with Crippen LogP contribution >= 0.6 is 0 Å². The number of aromatic nitrogens is 8. The molecule has 31 heavy (non-hydrogen) atoms. The number of nitrogens with zero attached hydrogens (tertiary/aromatic N) is 7. The van der Waals surface area contributed by atoms with Gasteiger partial charge < -0.3 is 0 Å². The number of tetrazole rings is 1. The summed E-state index contributed by atoms with van der Waals surface area (Å²) >= 11 is 0. The Hall–Kier alpha value is -3.43. The molecular formula is C21H24F2N8. The zero-order valence-electron chi connectivity index (χ0n) is 17.5.